The van der Waals surface area contributed by atoms with Crippen LogP contribution in [-0.2, 0) is 34.0 Å². The first-order valence-corrected chi connectivity index (χ1v) is 12.5. The van der Waals surface area contributed by atoms with E-state index in [9.17, 15) is 14.4 Å². The molecule has 0 saturated carbocycles. The van der Waals surface area contributed by atoms with Crippen LogP contribution in [0, 0.1) is 5.82 Å². The summed E-state index contributed by atoms with van der Waals surface area (Å²) in [5, 5.41) is 5.41. The first-order valence-electron chi connectivity index (χ1n) is 16.0. The fourth-order valence-electron chi connectivity index (χ4n) is 5.25. The summed E-state index contributed by atoms with van der Waals surface area (Å²) in [7, 11) is 0. The van der Waals surface area contributed by atoms with E-state index in [1.54, 1.807) is 24.3 Å². The predicted octanol–water partition coefficient (Wildman–Crippen LogP) is 3.59. The van der Waals surface area contributed by atoms with E-state index in [0.717, 1.165) is 6.92 Å². The quantitative estimate of drug-likeness (QED) is 0.556. The smallest absolute Gasteiger partial charge is 0.255 e. The molecule has 2 atom stereocenters. The molecule has 0 radical (unpaired) electrons. The van der Waals surface area contributed by atoms with Crippen LogP contribution in [-0.4, -0.2) is 57.8 Å². The number of piperidine rings is 1. The first-order chi connectivity index (χ1) is 20.7. The van der Waals surface area contributed by atoms with Gasteiger partial charge in [-0.25, -0.2) is 4.39 Å². The van der Waals surface area contributed by atoms with E-state index in [1.165, 1.54) is 30.9 Å². The molecule has 5 rings (SSSR count). The zero-order valence-electron chi connectivity index (χ0n) is 28.5. The van der Waals surface area contributed by atoms with Crippen LogP contribution < -0.4 is 10.6 Å². The third-order valence-electron chi connectivity index (χ3n) is 6.75. The summed E-state index contributed by atoms with van der Waals surface area (Å²) in [6.45, 7) is -5.16. The summed E-state index contributed by atoms with van der Waals surface area (Å²) >= 11 is 0. The van der Waals surface area contributed by atoms with Crippen molar-refractivity contribution in [3.63, 3.8) is 0 Å². The number of nitrogens with zero attached hydrogens (tertiary/aromatic N) is 2. The SMILES string of the molecule is [2H]C([2H])([2H])C1(C)OC(C)(C)C([2H])([2H])N(Cc2cccc(CNc3cccc4c3CN(C3CCC(=O)NC3=O)C4=O)c2F)C1([2H])[2H]. The van der Waals surface area contributed by atoms with Crippen LogP contribution in [0.4, 0.5) is 10.1 Å². The normalized spacial score (nSPS) is 31.1. The molecule has 38 heavy (non-hydrogen) atoms. The molecule has 0 aliphatic carbocycles. The van der Waals surface area contributed by atoms with Crippen molar-refractivity contribution in [1.82, 2.24) is 15.1 Å². The predicted molar refractivity (Wildman–Crippen MR) is 141 cm³/mol. The zero-order chi connectivity index (χ0) is 33.3. The zero-order valence-corrected chi connectivity index (χ0v) is 21.5. The van der Waals surface area contributed by atoms with Gasteiger partial charge in [0.05, 0.1) is 11.2 Å². The van der Waals surface area contributed by atoms with Gasteiger partial charge in [-0.2, -0.15) is 0 Å². The number of benzene rings is 2. The summed E-state index contributed by atoms with van der Waals surface area (Å²) in [5.41, 5.74) is -2.55. The highest BCUT2D eigenvalue weighted by Gasteiger charge is 2.40. The minimum Gasteiger partial charge on any atom is -0.381 e. The van der Waals surface area contributed by atoms with Crippen LogP contribution in [0.5, 0.6) is 0 Å². The molecular weight excluding hydrogens is 487 g/mol. The Kier molecular flexibility index (Phi) is 4.86. The Hall–Kier alpha value is -3.30. The van der Waals surface area contributed by atoms with E-state index >= 15 is 4.39 Å². The lowest BCUT2D eigenvalue weighted by atomic mass is 9.98. The Morgan fingerprint density at radius 3 is 2.63 bits per heavy atom. The van der Waals surface area contributed by atoms with Gasteiger partial charge >= 0.3 is 0 Å². The van der Waals surface area contributed by atoms with Gasteiger partial charge < -0.3 is 15.0 Å². The van der Waals surface area contributed by atoms with Gasteiger partial charge in [-0.3, -0.25) is 24.6 Å². The number of anilines is 1. The number of morpholine rings is 1. The Balaban J connectivity index is 1.39. The molecule has 2 aromatic rings. The monoisotopic (exact) mass is 529 g/mol. The van der Waals surface area contributed by atoms with Crippen LogP contribution >= 0.6 is 0 Å². The molecule has 3 aliphatic heterocycles. The number of ether oxygens (including phenoxy) is 1. The Morgan fingerprint density at radius 2 is 1.87 bits per heavy atom. The number of halogens is 1. The minimum atomic E-state index is -2.97. The van der Waals surface area contributed by atoms with Crippen molar-refractivity contribution in [2.75, 3.05) is 18.3 Å². The highest BCUT2D eigenvalue weighted by molar-refractivity contribution is 6.06. The maximum atomic E-state index is 16.0. The lowest BCUT2D eigenvalue weighted by molar-refractivity contribution is -0.182. The number of carbonyl (C=O) groups excluding carboxylic acids is 3. The van der Waals surface area contributed by atoms with Crippen molar-refractivity contribution in [2.45, 2.75) is 77.3 Å². The molecule has 0 aromatic heterocycles. The lowest BCUT2D eigenvalue weighted by Crippen LogP contribution is -2.56. The number of carbonyl (C=O) groups is 3. The third kappa shape index (κ3) is 5.31. The number of fused-ring (bicyclic) bond motifs is 1. The van der Waals surface area contributed by atoms with Gasteiger partial charge in [0.25, 0.3) is 5.91 Å². The number of hydrogen-bond donors (Lipinski definition) is 2. The Bertz CT molecular complexity index is 1570. The second-order valence-electron chi connectivity index (χ2n) is 10.4. The molecule has 3 heterocycles. The summed E-state index contributed by atoms with van der Waals surface area (Å²) in [6, 6.07) is 8.66. The van der Waals surface area contributed by atoms with Gasteiger partial charge in [-0.15, -0.1) is 0 Å². The second kappa shape index (κ2) is 9.78. The van der Waals surface area contributed by atoms with Crippen LogP contribution in [0.3, 0.4) is 0 Å². The van der Waals surface area contributed by atoms with Crippen LogP contribution in [0.15, 0.2) is 36.4 Å². The van der Waals surface area contributed by atoms with E-state index < -0.39 is 55.4 Å². The van der Waals surface area contributed by atoms with Crippen LogP contribution in [0.25, 0.3) is 0 Å². The fourth-order valence-corrected chi connectivity index (χ4v) is 5.25. The number of rotatable bonds is 6. The number of nitrogens with one attached hydrogen (secondary N) is 2. The molecule has 2 N–H and O–H groups in total. The minimum absolute atomic E-state index is 0.0508. The van der Waals surface area contributed by atoms with Gasteiger partial charge in [0, 0.05) is 76.6 Å². The van der Waals surface area contributed by atoms with Crippen LogP contribution in [0.1, 0.15) is 77.1 Å². The summed E-state index contributed by atoms with van der Waals surface area (Å²) < 4.78 is 80.6. The third-order valence-corrected chi connectivity index (χ3v) is 6.75. The average molecular weight is 530 g/mol. The Labute approximate surface area is 232 Å². The van der Waals surface area contributed by atoms with Gasteiger partial charge in [-0.1, -0.05) is 24.3 Å². The highest BCUT2D eigenvalue weighted by Crippen LogP contribution is 2.33. The molecule has 2 aromatic carbocycles. The van der Waals surface area contributed by atoms with Crippen molar-refractivity contribution >= 4 is 23.4 Å². The first kappa shape index (κ1) is 18.9. The standard InChI is InChI=1S/C29H35FN4O4/c1-28(2)16-33(17-29(3,4)38-28)14-19-8-5-7-18(25(19)30)13-31-22-10-6-9-20-21(22)15-34(27(20)37)23-11-12-24(35)32-26(23)36/h5-10,23,31H,11-17H2,1-4H3,(H,32,35,36)/i1D3,16D2,17D2. The number of hydrogen-bond acceptors (Lipinski definition) is 6. The van der Waals surface area contributed by atoms with Crippen molar-refractivity contribution in [3.8, 4) is 0 Å². The fraction of sp³-hybridized carbons (Fsp3) is 0.483. The van der Waals surface area contributed by atoms with E-state index in [2.05, 4.69) is 10.6 Å². The molecule has 0 spiro atoms. The second-order valence-corrected chi connectivity index (χ2v) is 10.4. The molecule has 2 unspecified atom stereocenters. The van der Waals surface area contributed by atoms with Crippen LogP contribution in [0.2, 0.25) is 0 Å². The summed E-state index contributed by atoms with van der Waals surface area (Å²) in [4.78, 5) is 39.3. The van der Waals surface area contributed by atoms with Crippen molar-refractivity contribution < 1.29 is 33.1 Å². The van der Waals surface area contributed by atoms with Gasteiger partial charge in [0.2, 0.25) is 11.8 Å². The Morgan fingerprint density at radius 1 is 1.13 bits per heavy atom. The lowest BCUT2D eigenvalue weighted by Gasteiger charge is -2.47. The molecule has 8 nitrogen and oxygen atoms in total. The van der Waals surface area contributed by atoms with Gasteiger partial charge in [0.15, 0.2) is 0 Å². The topological polar surface area (TPSA) is 91.0 Å². The maximum absolute atomic E-state index is 16.0. The van der Waals surface area contributed by atoms with E-state index in [-0.39, 0.29) is 48.9 Å². The largest absolute Gasteiger partial charge is 0.381 e. The summed E-state index contributed by atoms with van der Waals surface area (Å²) in [5.74, 6) is -2.00. The van der Waals surface area contributed by atoms with Crippen molar-refractivity contribution in [3.05, 3.63) is 64.5 Å². The molecular formula is C29H35FN4O4. The molecule has 0 bridgehead atoms. The van der Waals surface area contributed by atoms with Crippen molar-refractivity contribution in [2.24, 2.45) is 0 Å². The number of imide groups is 1. The molecule has 202 valence electrons. The molecule has 3 aliphatic rings. The molecule has 2 fully saturated rings. The van der Waals surface area contributed by atoms with Gasteiger partial charge in [-0.05, 0) is 46.2 Å². The van der Waals surface area contributed by atoms with E-state index in [4.69, 9.17) is 14.3 Å². The molecule has 2 saturated heterocycles. The van der Waals surface area contributed by atoms with Crippen molar-refractivity contribution in [1.29, 1.82) is 0 Å². The maximum Gasteiger partial charge on any atom is 0.255 e. The van der Waals surface area contributed by atoms with Gasteiger partial charge in [0.1, 0.15) is 11.9 Å². The number of amides is 3. The van der Waals surface area contributed by atoms with E-state index in [0.29, 0.717) is 21.7 Å². The average Bonchev–Trinajstić information content (AvgIpc) is 3.26. The molecule has 9 heteroatoms. The molecule has 3 amide bonds. The highest BCUT2D eigenvalue weighted by atomic mass is 19.1. The van der Waals surface area contributed by atoms with E-state index in [1.807, 2.05) is 0 Å². The summed E-state index contributed by atoms with van der Waals surface area (Å²) in [6.07, 6.45) is 0.338.